The Morgan fingerprint density at radius 3 is 2.47 bits per heavy atom. The van der Waals surface area contributed by atoms with Gasteiger partial charge in [0.15, 0.2) is 0 Å². The molecule has 1 N–H and O–H groups in total. The van der Waals surface area contributed by atoms with Crippen LogP contribution in [0.1, 0.15) is 11.3 Å². The highest BCUT2D eigenvalue weighted by Gasteiger charge is 2.30. The van der Waals surface area contributed by atoms with Crippen molar-refractivity contribution in [2.45, 2.75) is 12.6 Å². The Morgan fingerprint density at radius 1 is 1.21 bits per heavy atom. The minimum Gasteiger partial charge on any atom is -0.361 e. The lowest BCUT2D eigenvalue weighted by atomic mass is 10.0. The van der Waals surface area contributed by atoms with E-state index in [0.717, 1.165) is 17.7 Å². The summed E-state index contributed by atoms with van der Waals surface area (Å²) in [7, 11) is 1.81. The van der Waals surface area contributed by atoms with Gasteiger partial charge in [0.05, 0.1) is 11.8 Å². The van der Waals surface area contributed by atoms with E-state index >= 15 is 0 Å². The van der Waals surface area contributed by atoms with Gasteiger partial charge in [0.2, 0.25) is 0 Å². The van der Waals surface area contributed by atoms with E-state index in [-0.39, 0.29) is 0 Å². The van der Waals surface area contributed by atoms with Gasteiger partial charge in [-0.25, -0.2) is 0 Å². The van der Waals surface area contributed by atoms with Gasteiger partial charge in [-0.15, -0.1) is 0 Å². The molecule has 0 fully saturated rings. The zero-order valence-corrected chi connectivity index (χ0v) is 10.3. The summed E-state index contributed by atoms with van der Waals surface area (Å²) in [5.41, 5.74) is 0.730. The van der Waals surface area contributed by atoms with Crippen LogP contribution < -0.4 is 5.32 Å². The summed E-state index contributed by atoms with van der Waals surface area (Å²) >= 11 is 0. The molecule has 6 heteroatoms. The van der Waals surface area contributed by atoms with Crippen LogP contribution in [0.15, 0.2) is 35.0 Å². The predicted molar refractivity (Wildman–Crippen MR) is 64.6 cm³/mol. The van der Waals surface area contributed by atoms with Crippen LogP contribution in [-0.2, 0) is 12.6 Å². The summed E-state index contributed by atoms with van der Waals surface area (Å²) in [6.07, 6.45) is -2.16. The summed E-state index contributed by atoms with van der Waals surface area (Å²) in [6, 6.07) is 4.98. The van der Waals surface area contributed by atoms with Gasteiger partial charge >= 0.3 is 6.18 Å². The summed E-state index contributed by atoms with van der Waals surface area (Å²) in [5, 5.41) is 6.67. The molecule has 1 aromatic heterocycles. The van der Waals surface area contributed by atoms with E-state index in [4.69, 9.17) is 4.52 Å². The van der Waals surface area contributed by atoms with E-state index in [9.17, 15) is 13.2 Å². The van der Waals surface area contributed by atoms with Gasteiger partial charge in [-0.3, -0.25) is 0 Å². The molecular formula is C13H13F3N2O. The van der Waals surface area contributed by atoms with Crippen molar-refractivity contribution in [1.82, 2.24) is 10.5 Å². The molecule has 0 saturated carbocycles. The third-order valence-corrected chi connectivity index (χ3v) is 2.77. The molecule has 0 saturated heterocycles. The van der Waals surface area contributed by atoms with Gasteiger partial charge in [-0.1, -0.05) is 17.3 Å². The van der Waals surface area contributed by atoms with Crippen molar-refractivity contribution in [2.24, 2.45) is 0 Å². The Kier molecular flexibility index (Phi) is 3.90. The molecule has 0 aliphatic carbocycles. The van der Waals surface area contributed by atoms with E-state index in [1.807, 2.05) is 7.05 Å². The standard InChI is InChI=1S/C13H13F3N2O/c1-17-7-6-12-11(8-18-19-12)9-2-4-10(5-3-9)13(14,15)16/h2-5,8,17H,6-7H2,1H3. The molecule has 0 radical (unpaired) electrons. The minimum atomic E-state index is -4.32. The molecule has 3 nitrogen and oxygen atoms in total. The fraction of sp³-hybridized carbons (Fsp3) is 0.308. The molecular weight excluding hydrogens is 257 g/mol. The highest BCUT2D eigenvalue weighted by atomic mass is 19.4. The second-order valence-corrected chi connectivity index (χ2v) is 4.09. The molecule has 19 heavy (non-hydrogen) atoms. The lowest BCUT2D eigenvalue weighted by Crippen LogP contribution is -2.10. The number of likely N-dealkylation sites (N-methyl/N-ethyl adjacent to an activating group) is 1. The number of alkyl halides is 3. The van der Waals surface area contributed by atoms with Crippen molar-refractivity contribution in [3.05, 3.63) is 41.8 Å². The Balaban J connectivity index is 2.25. The van der Waals surface area contributed by atoms with Crippen LogP contribution in [0, 0.1) is 0 Å². The van der Waals surface area contributed by atoms with Crippen LogP contribution in [0.5, 0.6) is 0 Å². The third-order valence-electron chi connectivity index (χ3n) is 2.77. The smallest absolute Gasteiger partial charge is 0.361 e. The summed E-state index contributed by atoms with van der Waals surface area (Å²) in [5.74, 6) is 0.661. The van der Waals surface area contributed by atoms with E-state index in [1.165, 1.54) is 18.3 Å². The number of hydrogen-bond acceptors (Lipinski definition) is 3. The van der Waals surface area contributed by atoms with Gasteiger partial charge in [0, 0.05) is 18.5 Å². The highest BCUT2D eigenvalue weighted by Crippen LogP contribution is 2.31. The number of nitrogens with one attached hydrogen (secondary N) is 1. The normalized spacial score (nSPS) is 11.8. The van der Waals surface area contributed by atoms with Gasteiger partial charge in [0.1, 0.15) is 5.76 Å². The van der Waals surface area contributed by atoms with E-state index in [0.29, 0.717) is 24.3 Å². The summed E-state index contributed by atoms with van der Waals surface area (Å²) in [6.45, 7) is 0.711. The van der Waals surface area contributed by atoms with Crippen molar-refractivity contribution in [3.63, 3.8) is 0 Å². The first kappa shape index (κ1) is 13.6. The van der Waals surface area contributed by atoms with Crippen molar-refractivity contribution < 1.29 is 17.7 Å². The zero-order valence-electron chi connectivity index (χ0n) is 10.3. The fourth-order valence-corrected chi connectivity index (χ4v) is 1.76. The lowest BCUT2D eigenvalue weighted by Gasteiger charge is -2.07. The molecule has 0 amide bonds. The van der Waals surface area contributed by atoms with Crippen LogP contribution in [0.2, 0.25) is 0 Å². The Morgan fingerprint density at radius 2 is 1.89 bits per heavy atom. The maximum atomic E-state index is 12.5. The topological polar surface area (TPSA) is 38.1 Å². The average Bonchev–Trinajstić information content (AvgIpc) is 2.83. The van der Waals surface area contributed by atoms with E-state index in [1.54, 1.807) is 0 Å². The van der Waals surface area contributed by atoms with Gasteiger partial charge < -0.3 is 9.84 Å². The van der Waals surface area contributed by atoms with Gasteiger partial charge in [0.25, 0.3) is 0 Å². The Bertz CT molecular complexity index is 532. The molecule has 102 valence electrons. The summed E-state index contributed by atoms with van der Waals surface area (Å²) in [4.78, 5) is 0. The molecule has 0 unspecified atom stereocenters. The number of benzene rings is 1. The first-order valence-electron chi connectivity index (χ1n) is 5.78. The lowest BCUT2D eigenvalue weighted by molar-refractivity contribution is -0.137. The molecule has 0 aliphatic heterocycles. The average molecular weight is 270 g/mol. The molecule has 2 aromatic rings. The summed E-state index contributed by atoms with van der Waals surface area (Å²) < 4.78 is 42.5. The maximum Gasteiger partial charge on any atom is 0.416 e. The van der Waals surface area contributed by atoms with Crippen LogP contribution in [0.25, 0.3) is 11.1 Å². The third kappa shape index (κ3) is 3.14. The minimum absolute atomic E-state index is 0.632. The molecule has 0 bridgehead atoms. The van der Waals surface area contributed by atoms with Crippen LogP contribution in [0.3, 0.4) is 0 Å². The van der Waals surface area contributed by atoms with Gasteiger partial charge in [-0.2, -0.15) is 13.2 Å². The molecule has 2 rings (SSSR count). The van der Waals surface area contributed by atoms with E-state index in [2.05, 4.69) is 10.5 Å². The Labute approximate surface area is 108 Å². The molecule has 0 aliphatic rings. The maximum absolute atomic E-state index is 12.5. The second kappa shape index (κ2) is 5.44. The number of aromatic nitrogens is 1. The number of rotatable bonds is 4. The SMILES string of the molecule is CNCCc1oncc1-c1ccc(C(F)(F)F)cc1. The van der Waals surface area contributed by atoms with Crippen molar-refractivity contribution in [2.75, 3.05) is 13.6 Å². The second-order valence-electron chi connectivity index (χ2n) is 4.09. The fourth-order valence-electron chi connectivity index (χ4n) is 1.76. The molecule has 1 heterocycles. The number of nitrogens with zero attached hydrogens (tertiary/aromatic N) is 1. The largest absolute Gasteiger partial charge is 0.416 e. The van der Waals surface area contributed by atoms with Crippen LogP contribution >= 0.6 is 0 Å². The molecule has 1 aromatic carbocycles. The van der Waals surface area contributed by atoms with Crippen molar-refractivity contribution in [1.29, 1.82) is 0 Å². The number of halogens is 3. The monoisotopic (exact) mass is 270 g/mol. The van der Waals surface area contributed by atoms with Crippen molar-refractivity contribution >= 4 is 0 Å². The van der Waals surface area contributed by atoms with Crippen LogP contribution in [0.4, 0.5) is 13.2 Å². The van der Waals surface area contributed by atoms with Gasteiger partial charge in [-0.05, 0) is 24.7 Å². The quantitative estimate of drug-likeness (QED) is 0.927. The zero-order chi connectivity index (χ0) is 13.9. The highest BCUT2D eigenvalue weighted by molar-refractivity contribution is 5.64. The van der Waals surface area contributed by atoms with Crippen molar-refractivity contribution in [3.8, 4) is 11.1 Å². The first-order chi connectivity index (χ1) is 9.02. The Hall–Kier alpha value is -1.82. The molecule has 0 atom stereocenters. The van der Waals surface area contributed by atoms with E-state index < -0.39 is 11.7 Å². The first-order valence-corrected chi connectivity index (χ1v) is 5.78. The van der Waals surface area contributed by atoms with Crippen LogP contribution in [-0.4, -0.2) is 18.7 Å². The predicted octanol–water partition coefficient (Wildman–Crippen LogP) is 3.12. The molecule has 0 spiro atoms. The number of hydrogen-bond donors (Lipinski definition) is 1.